The monoisotopic (exact) mass is 290 g/mol. The van der Waals surface area contributed by atoms with Crippen LogP contribution in [-0.4, -0.2) is 18.6 Å². The summed E-state index contributed by atoms with van der Waals surface area (Å²) in [6, 6.07) is 6.24. The Bertz CT molecular complexity index is 571. The van der Waals surface area contributed by atoms with Crippen LogP contribution in [0, 0.1) is 0 Å². The maximum absolute atomic E-state index is 6.10. The first kappa shape index (κ1) is 13.4. The number of fused-ring (bicyclic) bond motifs is 1. The second-order valence-corrected chi connectivity index (χ2v) is 5.49. The molecule has 2 aromatic rings. The van der Waals surface area contributed by atoms with E-state index in [2.05, 4.69) is 28.7 Å². The Balaban J connectivity index is 1.94. The van der Waals surface area contributed by atoms with Gasteiger partial charge in [0.25, 0.3) is 0 Å². The lowest BCUT2D eigenvalue weighted by atomic mass is 9.95. The van der Waals surface area contributed by atoms with Crippen LogP contribution in [0.1, 0.15) is 36.7 Å². The predicted molar refractivity (Wildman–Crippen MR) is 79.5 cm³/mol. The van der Waals surface area contributed by atoms with Crippen molar-refractivity contribution in [2.24, 2.45) is 0 Å². The molecule has 5 heteroatoms. The van der Waals surface area contributed by atoms with Gasteiger partial charge in [-0.05, 0) is 24.7 Å². The van der Waals surface area contributed by atoms with Crippen molar-refractivity contribution in [2.75, 3.05) is 13.7 Å². The van der Waals surface area contributed by atoms with Crippen LogP contribution in [0.25, 0.3) is 0 Å². The zero-order chi connectivity index (χ0) is 13.9. The number of benzene rings is 1. The molecule has 0 amide bonds. The molecule has 0 spiro atoms. The lowest BCUT2D eigenvalue weighted by Gasteiger charge is -2.32. The Kier molecular flexibility index (Phi) is 3.89. The zero-order valence-corrected chi connectivity index (χ0v) is 12.4. The van der Waals surface area contributed by atoms with E-state index in [9.17, 15) is 0 Å². The molecule has 4 nitrogen and oxygen atoms in total. The average molecular weight is 290 g/mol. The van der Waals surface area contributed by atoms with Gasteiger partial charge in [-0.1, -0.05) is 6.92 Å². The molecule has 0 fully saturated rings. The second-order valence-electron chi connectivity index (χ2n) is 4.77. The van der Waals surface area contributed by atoms with Crippen LogP contribution in [0.2, 0.25) is 0 Å². The Hall–Kier alpha value is -1.59. The number of ether oxygens (including phenoxy) is 2. The van der Waals surface area contributed by atoms with Crippen molar-refractivity contribution in [1.29, 1.82) is 0 Å². The van der Waals surface area contributed by atoms with Crippen molar-refractivity contribution in [3.63, 3.8) is 0 Å². The van der Waals surface area contributed by atoms with E-state index in [1.54, 1.807) is 18.4 Å². The molecule has 20 heavy (non-hydrogen) atoms. The van der Waals surface area contributed by atoms with Crippen LogP contribution in [-0.2, 0) is 0 Å². The predicted octanol–water partition coefficient (Wildman–Crippen LogP) is 3.33. The third-order valence-electron chi connectivity index (χ3n) is 3.54. The molecule has 0 aliphatic carbocycles. The largest absolute Gasteiger partial charge is 0.497 e. The molecule has 1 aliphatic heterocycles. The van der Waals surface area contributed by atoms with Crippen molar-refractivity contribution in [3.05, 3.63) is 40.3 Å². The molecule has 0 saturated heterocycles. The van der Waals surface area contributed by atoms with Crippen molar-refractivity contribution in [3.8, 4) is 11.5 Å². The highest BCUT2D eigenvalue weighted by atomic mass is 32.1. The summed E-state index contributed by atoms with van der Waals surface area (Å²) < 4.78 is 11.4. The zero-order valence-electron chi connectivity index (χ0n) is 11.6. The third kappa shape index (κ3) is 2.51. The standard InChI is InChI=1S/C15H18N2O2S/c1-3-16-12-7-15(13-8-20-9-17-13)19-14-5-4-10(18-2)6-11(12)14/h4-6,8-9,12,15-16H,3,7H2,1-2H3. The van der Waals surface area contributed by atoms with Crippen LogP contribution < -0.4 is 14.8 Å². The first-order valence-corrected chi connectivity index (χ1v) is 7.72. The Morgan fingerprint density at radius 1 is 1.50 bits per heavy atom. The van der Waals surface area contributed by atoms with Gasteiger partial charge in [-0.3, -0.25) is 0 Å². The molecule has 1 aromatic heterocycles. The topological polar surface area (TPSA) is 43.4 Å². The van der Waals surface area contributed by atoms with E-state index in [0.29, 0.717) is 0 Å². The third-order valence-corrected chi connectivity index (χ3v) is 4.15. The summed E-state index contributed by atoms with van der Waals surface area (Å²) in [5, 5.41) is 5.58. The van der Waals surface area contributed by atoms with Gasteiger partial charge in [0.2, 0.25) is 0 Å². The molecule has 2 unspecified atom stereocenters. The number of hydrogen-bond acceptors (Lipinski definition) is 5. The molecule has 2 atom stereocenters. The van der Waals surface area contributed by atoms with Gasteiger partial charge in [0.1, 0.15) is 17.6 Å². The highest BCUT2D eigenvalue weighted by Gasteiger charge is 2.30. The number of aromatic nitrogens is 1. The maximum atomic E-state index is 6.10. The number of nitrogens with zero attached hydrogens (tertiary/aromatic N) is 1. The maximum Gasteiger partial charge on any atom is 0.143 e. The SMILES string of the molecule is CCNC1CC(c2cscn2)Oc2ccc(OC)cc21. The van der Waals surface area contributed by atoms with Gasteiger partial charge in [-0.15, -0.1) is 11.3 Å². The van der Waals surface area contributed by atoms with Crippen molar-refractivity contribution < 1.29 is 9.47 Å². The van der Waals surface area contributed by atoms with E-state index in [0.717, 1.165) is 35.7 Å². The molecule has 1 N–H and O–H groups in total. The Morgan fingerprint density at radius 2 is 2.40 bits per heavy atom. The number of methoxy groups -OCH3 is 1. The fourth-order valence-electron chi connectivity index (χ4n) is 2.58. The summed E-state index contributed by atoms with van der Waals surface area (Å²) in [7, 11) is 1.69. The highest BCUT2D eigenvalue weighted by molar-refractivity contribution is 7.07. The Labute approximate surface area is 122 Å². The van der Waals surface area contributed by atoms with Crippen LogP contribution >= 0.6 is 11.3 Å². The molecule has 0 bridgehead atoms. The normalized spacial score (nSPS) is 21.1. The van der Waals surface area contributed by atoms with Crippen LogP contribution in [0.3, 0.4) is 0 Å². The smallest absolute Gasteiger partial charge is 0.143 e. The quantitative estimate of drug-likeness (QED) is 0.938. The van der Waals surface area contributed by atoms with Crippen molar-refractivity contribution >= 4 is 11.3 Å². The molecule has 106 valence electrons. The number of rotatable bonds is 4. The minimum Gasteiger partial charge on any atom is -0.497 e. The average Bonchev–Trinajstić information content (AvgIpc) is 3.01. The first-order chi connectivity index (χ1) is 9.81. The summed E-state index contributed by atoms with van der Waals surface area (Å²) in [6.07, 6.45) is 0.906. The van der Waals surface area contributed by atoms with Gasteiger partial charge in [-0.2, -0.15) is 0 Å². The van der Waals surface area contributed by atoms with Crippen molar-refractivity contribution in [2.45, 2.75) is 25.5 Å². The summed E-state index contributed by atoms with van der Waals surface area (Å²) in [4.78, 5) is 4.38. The van der Waals surface area contributed by atoms with E-state index in [4.69, 9.17) is 9.47 Å². The fourth-order valence-corrected chi connectivity index (χ4v) is 3.17. The van der Waals surface area contributed by atoms with Crippen LogP contribution in [0.4, 0.5) is 0 Å². The van der Waals surface area contributed by atoms with Gasteiger partial charge >= 0.3 is 0 Å². The molecular formula is C15H18N2O2S. The van der Waals surface area contributed by atoms with Gasteiger partial charge in [0.15, 0.2) is 0 Å². The van der Waals surface area contributed by atoms with E-state index in [1.807, 2.05) is 17.6 Å². The van der Waals surface area contributed by atoms with E-state index < -0.39 is 0 Å². The summed E-state index contributed by atoms with van der Waals surface area (Å²) in [5.41, 5.74) is 4.03. The van der Waals surface area contributed by atoms with Crippen LogP contribution in [0.15, 0.2) is 29.1 Å². The molecule has 2 heterocycles. The Morgan fingerprint density at radius 3 is 3.10 bits per heavy atom. The highest BCUT2D eigenvalue weighted by Crippen LogP contribution is 2.42. The fraction of sp³-hybridized carbons (Fsp3) is 0.400. The van der Waals surface area contributed by atoms with Gasteiger partial charge < -0.3 is 14.8 Å². The van der Waals surface area contributed by atoms with E-state index in [1.165, 1.54) is 0 Å². The molecule has 3 rings (SSSR count). The van der Waals surface area contributed by atoms with Crippen molar-refractivity contribution in [1.82, 2.24) is 10.3 Å². The van der Waals surface area contributed by atoms with Gasteiger partial charge in [0, 0.05) is 23.4 Å². The molecule has 1 aromatic carbocycles. The van der Waals surface area contributed by atoms with Gasteiger partial charge in [0.05, 0.1) is 18.3 Å². The number of nitrogens with one attached hydrogen (secondary N) is 1. The summed E-state index contributed by atoms with van der Waals surface area (Å²) in [5.74, 6) is 1.78. The molecule has 0 saturated carbocycles. The molecule has 0 radical (unpaired) electrons. The minimum absolute atomic E-state index is 0.0196. The van der Waals surface area contributed by atoms with Crippen LogP contribution in [0.5, 0.6) is 11.5 Å². The van der Waals surface area contributed by atoms with E-state index in [-0.39, 0.29) is 12.1 Å². The molecular weight excluding hydrogens is 272 g/mol. The lowest BCUT2D eigenvalue weighted by Crippen LogP contribution is -2.29. The number of thiazole rings is 1. The van der Waals surface area contributed by atoms with E-state index >= 15 is 0 Å². The minimum atomic E-state index is 0.0196. The second kappa shape index (κ2) is 5.81. The van der Waals surface area contributed by atoms with Gasteiger partial charge in [-0.25, -0.2) is 4.98 Å². The first-order valence-electron chi connectivity index (χ1n) is 6.78. The summed E-state index contributed by atoms with van der Waals surface area (Å²) >= 11 is 1.60. The summed E-state index contributed by atoms with van der Waals surface area (Å²) in [6.45, 7) is 3.04. The number of hydrogen-bond donors (Lipinski definition) is 1. The molecule has 1 aliphatic rings. The lowest BCUT2D eigenvalue weighted by molar-refractivity contribution is 0.148.